The van der Waals surface area contributed by atoms with Gasteiger partial charge in [-0.3, -0.25) is 0 Å². The van der Waals surface area contributed by atoms with Crippen LogP contribution in [-0.2, 0) is 0 Å². The molecule has 1 aromatic rings. The van der Waals surface area contributed by atoms with Crippen molar-refractivity contribution in [2.24, 2.45) is 0 Å². The highest BCUT2D eigenvalue weighted by molar-refractivity contribution is 8.00. The minimum absolute atomic E-state index is 0.0147. The highest BCUT2D eigenvalue weighted by atomic mass is 35.5. The lowest BCUT2D eigenvalue weighted by molar-refractivity contribution is -0.0328. The zero-order valence-corrected chi connectivity index (χ0v) is 10.2. The molecule has 0 atom stereocenters. The molecule has 0 aliphatic heterocycles. The van der Waals surface area contributed by atoms with Crippen LogP contribution in [0, 0.1) is 0 Å². The van der Waals surface area contributed by atoms with Crippen molar-refractivity contribution >= 4 is 23.4 Å². The van der Waals surface area contributed by atoms with Crippen molar-refractivity contribution in [1.82, 2.24) is 0 Å². The van der Waals surface area contributed by atoms with Crippen molar-refractivity contribution in [3.63, 3.8) is 0 Å². The number of hydrogen-bond donors (Lipinski definition) is 1. The normalized spacial score (nSPS) is 11.6. The van der Waals surface area contributed by atoms with E-state index in [0.717, 1.165) is 0 Å². The molecule has 0 amide bonds. The Kier molecular flexibility index (Phi) is 5.42. The number of benzene rings is 1. The van der Waals surface area contributed by atoms with E-state index in [1.165, 1.54) is 18.2 Å². The van der Waals surface area contributed by atoms with Crippen molar-refractivity contribution in [2.75, 3.05) is 13.2 Å². The first-order valence-electron chi connectivity index (χ1n) is 4.71. The van der Waals surface area contributed by atoms with Gasteiger partial charge in [0.05, 0.1) is 11.6 Å². The Hall–Kier alpha value is -0.590. The Morgan fingerprint density at radius 3 is 2.65 bits per heavy atom. The monoisotopic (exact) mass is 286 g/mol. The molecule has 0 bridgehead atoms. The van der Waals surface area contributed by atoms with Crippen molar-refractivity contribution in [2.45, 2.75) is 16.8 Å². The fraction of sp³-hybridized carbons (Fsp3) is 0.400. The predicted molar refractivity (Wildman–Crippen MR) is 60.6 cm³/mol. The van der Waals surface area contributed by atoms with Crippen LogP contribution in [0.3, 0.4) is 0 Å². The Bertz CT molecular complexity index is 371. The molecule has 1 N–H and O–H groups in total. The molecule has 0 radical (unpaired) electrons. The number of aliphatic hydroxyl groups excluding tert-OH is 1. The first kappa shape index (κ1) is 14.5. The van der Waals surface area contributed by atoms with E-state index in [9.17, 15) is 13.2 Å². The van der Waals surface area contributed by atoms with Crippen LogP contribution in [0.25, 0.3) is 0 Å². The second-order valence-corrected chi connectivity index (χ2v) is 4.61. The van der Waals surface area contributed by atoms with Crippen LogP contribution < -0.4 is 4.74 Å². The number of hydrogen-bond acceptors (Lipinski definition) is 3. The average molecular weight is 287 g/mol. The van der Waals surface area contributed by atoms with E-state index < -0.39 is 5.51 Å². The minimum atomic E-state index is -4.34. The molecule has 0 unspecified atom stereocenters. The van der Waals surface area contributed by atoms with Gasteiger partial charge < -0.3 is 9.84 Å². The maximum absolute atomic E-state index is 12.1. The van der Waals surface area contributed by atoms with Gasteiger partial charge in [-0.25, -0.2) is 0 Å². The van der Waals surface area contributed by atoms with Crippen molar-refractivity contribution in [1.29, 1.82) is 0 Å². The molecular weight excluding hydrogens is 277 g/mol. The quantitative estimate of drug-likeness (QED) is 0.661. The molecule has 0 fully saturated rings. The lowest BCUT2D eigenvalue weighted by Crippen LogP contribution is -2.01. The molecule has 2 nitrogen and oxygen atoms in total. The Labute approximate surface area is 106 Å². The second kappa shape index (κ2) is 6.37. The number of rotatable bonds is 5. The zero-order chi connectivity index (χ0) is 12.9. The number of halogens is 4. The van der Waals surface area contributed by atoms with Crippen LogP contribution in [-0.4, -0.2) is 23.8 Å². The summed E-state index contributed by atoms with van der Waals surface area (Å²) in [6.45, 7) is 0.158. The fourth-order valence-corrected chi connectivity index (χ4v) is 1.78. The van der Waals surface area contributed by atoms with Gasteiger partial charge in [-0.1, -0.05) is 11.6 Å². The lowest BCUT2D eigenvalue weighted by atomic mass is 10.3. The third-order valence-electron chi connectivity index (χ3n) is 1.70. The standard InChI is InChI=1S/C10H10ClF3O2S/c11-8-3-2-7(17-10(12,13)14)6-9(8)16-5-1-4-15/h2-3,6,15H,1,4-5H2. The summed E-state index contributed by atoms with van der Waals surface area (Å²) in [6, 6.07) is 3.86. The molecule has 0 heterocycles. The molecule has 1 rings (SSSR count). The molecule has 0 saturated heterocycles. The summed E-state index contributed by atoms with van der Waals surface area (Å²) in [4.78, 5) is 0.0147. The fourth-order valence-electron chi connectivity index (χ4n) is 1.04. The average Bonchev–Trinajstić information content (AvgIpc) is 2.21. The van der Waals surface area contributed by atoms with Gasteiger partial charge in [-0.2, -0.15) is 13.2 Å². The van der Waals surface area contributed by atoms with Gasteiger partial charge in [-0.15, -0.1) is 0 Å². The van der Waals surface area contributed by atoms with Gasteiger partial charge >= 0.3 is 5.51 Å². The smallest absolute Gasteiger partial charge is 0.446 e. The van der Waals surface area contributed by atoms with Crippen molar-refractivity contribution in [3.05, 3.63) is 23.2 Å². The van der Waals surface area contributed by atoms with E-state index in [-0.39, 0.29) is 40.6 Å². The number of aliphatic hydroxyl groups is 1. The second-order valence-electron chi connectivity index (χ2n) is 3.07. The molecule has 0 aliphatic rings. The number of alkyl halides is 3. The molecule has 1 aromatic carbocycles. The molecular formula is C10H10ClF3O2S. The molecule has 0 aromatic heterocycles. The lowest BCUT2D eigenvalue weighted by Gasteiger charge is -2.10. The van der Waals surface area contributed by atoms with Crippen LogP contribution in [0.2, 0.25) is 5.02 Å². The van der Waals surface area contributed by atoms with Crippen LogP contribution in [0.1, 0.15) is 6.42 Å². The summed E-state index contributed by atoms with van der Waals surface area (Å²) in [5.74, 6) is 0.189. The SMILES string of the molecule is OCCCOc1cc(SC(F)(F)F)ccc1Cl. The maximum atomic E-state index is 12.1. The van der Waals surface area contributed by atoms with Gasteiger partial charge in [-0.05, 0) is 30.0 Å². The number of ether oxygens (including phenoxy) is 1. The van der Waals surface area contributed by atoms with Gasteiger partial charge in [0.2, 0.25) is 0 Å². The largest absolute Gasteiger partial charge is 0.492 e. The van der Waals surface area contributed by atoms with Crippen LogP contribution in [0.15, 0.2) is 23.1 Å². The molecule has 17 heavy (non-hydrogen) atoms. The van der Waals surface area contributed by atoms with E-state index in [2.05, 4.69) is 0 Å². The number of thioether (sulfide) groups is 1. The molecule has 96 valence electrons. The van der Waals surface area contributed by atoms with Crippen molar-refractivity contribution < 1.29 is 23.0 Å². The van der Waals surface area contributed by atoms with E-state index in [1.54, 1.807) is 0 Å². The maximum Gasteiger partial charge on any atom is 0.446 e. The van der Waals surface area contributed by atoms with Gasteiger partial charge in [0.1, 0.15) is 5.75 Å². The molecule has 0 aliphatic carbocycles. The van der Waals surface area contributed by atoms with E-state index in [1.807, 2.05) is 0 Å². The summed E-state index contributed by atoms with van der Waals surface area (Å²) in [7, 11) is 0. The van der Waals surface area contributed by atoms with E-state index in [4.69, 9.17) is 21.4 Å². The Morgan fingerprint density at radius 1 is 1.35 bits per heavy atom. The van der Waals surface area contributed by atoms with Crippen molar-refractivity contribution in [3.8, 4) is 5.75 Å². The topological polar surface area (TPSA) is 29.5 Å². The summed E-state index contributed by atoms with van der Waals surface area (Å²) < 4.78 is 41.6. The van der Waals surface area contributed by atoms with Crippen LogP contribution in [0.5, 0.6) is 5.75 Å². The summed E-state index contributed by atoms with van der Waals surface area (Å²) >= 11 is 5.54. The summed E-state index contributed by atoms with van der Waals surface area (Å²) in [5, 5.41) is 8.80. The molecule has 0 spiro atoms. The van der Waals surface area contributed by atoms with Gasteiger partial charge in [0.15, 0.2) is 0 Å². The third-order valence-corrected chi connectivity index (χ3v) is 2.73. The Morgan fingerprint density at radius 2 is 2.06 bits per heavy atom. The summed E-state index contributed by atoms with van der Waals surface area (Å²) in [6.07, 6.45) is 0.396. The highest BCUT2D eigenvalue weighted by Gasteiger charge is 2.29. The van der Waals surface area contributed by atoms with E-state index >= 15 is 0 Å². The zero-order valence-electron chi connectivity index (χ0n) is 8.63. The van der Waals surface area contributed by atoms with Gasteiger partial charge in [0.25, 0.3) is 0 Å². The van der Waals surface area contributed by atoms with Crippen LogP contribution in [0.4, 0.5) is 13.2 Å². The first-order chi connectivity index (χ1) is 7.92. The first-order valence-corrected chi connectivity index (χ1v) is 5.91. The molecule has 7 heteroatoms. The third kappa shape index (κ3) is 5.52. The van der Waals surface area contributed by atoms with E-state index in [0.29, 0.717) is 6.42 Å². The minimum Gasteiger partial charge on any atom is -0.492 e. The Balaban J connectivity index is 2.72. The molecule has 0 saturated carbocycles. The van der Waals surface area contributed by atoms with Crippen LogP contribution >= 0.6 is 23.4 Å². The predicted octanol–water partition coefficient (Wildman–Crippen LogP) is 3.71. The highest BCUT2D eigenvalue weighted by Crippen LogP contribution is 2.39. The van der Waals surface area contributed by atoms with Gasteiger partial charge in [0, 0.05) is 17.9 Å². The summed E-state index contributed by atoms with van der Waals surface area (Å²) in [5.41, 5.74) is -4.34.